The number of anilines is 1. The summed E-state index contributed by atoms with van der Waals surface area (Å²) in [7, 11) is 0. The standard InChI is InChI=1S/C28H32FN3O2/c1-4-32-13-5-6-21(32)17-30-16-18-7-9-19(10-8-18)23-15-25(34-28(23,2)3)26-22-14-20(29)11-12-24(22)31-27(26)33/h7-12,14-15,21,30H,4-6,13,16-17H2,1-3H3,(H,31,33). The van der Waals surface area contributed by atoms with E-state index in [4.69, 9.17) is 4.74 Å². The van der Waals surface area contributed by atoms with Gasteiger partial charge in [0.1, 0.15) is 17.2 Å². The number of allylic oxidation sites excluding steroid dienone is 1. The molecular weight excluding hydrogens is 429 g/mol. The van der Waals surface area contributed by atoms with E-state index in [1.165, 1.54) is 37.1 Å². The van der Waals surface area contributed by atoms with Crippen LogP contribution in [0.5, 0.6) is 0 Å². The fourth-order valence-corrected chi connectivity index (χ4v) is 5.33. The second-order valence-corrected chi connectivity index (χ2v) is 9.81. The fraction of sp³-hybridized carbons (Fsp3) is 0.393. The monoisotopic (exact) mass is 461 g/mol. The summed E-state index contributed by atoms with van der Waals surface area (Å²) >= 11 is 0. The van der Waals surface area contributed by atoms with Crippen LogP contribution < -0.4 is 10.6 Å². The van der Waals surface area contributed by atoms with Crippen LogP contribution in [0.15, 0.2) is 54.3 Å². The van der Waals surface area contributed by atoms with Crippen LogP contribution in [0.4, 0.5) is 10.1 Å². The van der Waals surface area contributed by atoms with E-state index >= 15 is 0 Å². The molecule has 0 spiro atoms. The Morgan fingerprint density at radius 2 is 2.00 bits per heavy atom. The average Bonchev–Trinajstić information content (AvgIpc) is 3.48. The van der Waals surface area contributed by atoms with Gasteiger partial charge in [-0.15, -0.1) is 0 Å². The van der Waals surface area contributed by atoms with E-state index in [0.717, 1.165) is 30.8 Å². The molecule has 2 aromatic carbocycles. The van der Waals surface area contributed by atoms with E-state index in [-0.39, 0.29) is 11.7 Å². The van der Waals surface area contributed by atoms with Gasteiger partial charge in [-0.3, -0.25) is 9.69 Å². The highest BCUT2D eigenvalue weighted by Gasteiger charge is 2.38. The Morgan fingerprint density at radius 1 is 1.21 bits per heavy atom. The third-order valence-electron chi connectivity index (χ3n) is 7.14. The average molecular weight is 462 g/mol. The highest BCUT2D eigenvalue weighted by Crippen LogP contribution is 2.44. The molecule has 1 saturated heterocycles. The summed E-state index contributed by atoms with van der Waals surface area (Å²) in [4.78, 5) is 15.2. The number of carbonyl (C=O) groups excluding carboxylic acids is 1. The molecule has 178 valence electrons. The summed E-state index contributed by atoms with van der Waals surface area (Å²) < 4.78 is 20.1. The molecule has 2 N–H and O–H groups in total. The van der Waals surface area contributed by atoms with Crippen molar-refractivity contribution in [3.8, 4) is 0 Å². The van der Waals surface area contributed by atoms with Gasteiger partial charge in [0.25, 0.3) is 5.91 Å². The van der Waals surface area contributed by atoms with Crippen LogP contribution in [0.2, 0.25) is 0 Å². The number of nitrogens with zero attached hydrogens (tertiary/aromatic N) is 1. The fourth-order valence-electron chi connectivity index (χ4n) is 5.33. The van der Waals surface area contributed by atoms with Gasteiger partial charge in [0.15, 0.2) is 0 Å². The molecule has 0 aromatic heterocycles. The summed E-state index contributed by atoms with van der Waals surface area (Å²) in [5, 5.41) is 6.42. The van der Waals surface area contributed by atoms with E-state index in [0.29, 0.717) is 28.6 Å². The van der Waals surface area contributed by atoms with E-state index in [1.807, 2.05) is 19.9 Å². The maximum absolute atomic E-state index is 13.9. The number of hydrogen-bond acceptors (Lipinski definition) is 4. The third kappa shape index (κ3) is 4.28. The number of fused-ring (bicyclic) bond motifs is 1. The van der Waals surface area contributed by atoms with Gasteiger partial charge in [-0.05, 0) is 75.2 Å². The molecule has 1 atom stereocenters. The van der Waals surface area contributed by atoms with Gasteiger partial charge in [-0.1, -0.05) is 31.2 Å². The molecule has 3 aliphatic rings. The van der Waals surface area contributed by atoms with Crippen molar-refractivity contribution in [2.24, 2.45) is 0 Å². The Balaban J connectivity index is 1.33. The van der Waals surface area contributed by atoms with Gasteiger partial charge in [0.2, 0.25) is 0 Å². The molecule has 3 heterocycles. The molecule has 2 aromatic rings. The first kappa shape index (κ1) is 22.8. The Bertz CT molecular complexity index is 1170. The lowest BCUT2D eigenvalue weighted by atomic mass is 9.91. The van der Waals surface area contributed by atoms with Crippen molar-refractivity contribution in [2.75, 3.05) is 25.0 Å². The maximum Gasteiger partial charge on any atom is 0.260 e. The normalized spacial score (nSPS) is 23.6. The molecule has 1 amide bonds. The zero-order chi connectivity index (χ0) is 23.9. The van der Waals surface area contributed by atoms with E-state index in [9.17, 15) is 9.18 Å². The molecule has 0 bridgehead atoms. The highest BCUT2D eigenvalue weighted by molar-refractivity contribution is 6.32. The van der Waals surface area contributed by atoms with Crippen molar-refractivity contribution < 1.29 is 13.9 Å². The van der Waals surface area contributed by atoms with Crippen molar-refractivity contribution in [1.29, 1.82) is 0 Å². The number of benzene rings is 2. The minimum absolute atomic E-state index is 0.269. The van der Waals surface area contributed by atoms with E-state index in [1.54, 1.807) is 6.07 Å². The van der Waals surface area contributed by atoms with E-state index in [2.05, 4.69) is 46.7 Å². The molecule has 0 radical (unpaired) electrons. The van der Waals surface area contributed by atoms with Crippen LogP contribution in [0.3, 0.4) is 0 Å². The smallest absolute Gasteiger partial charge is 0.260 e. The lowest BCUT2D eigenvalue weighted by molar-refractivity contribution is -0.111. The van der Waals surface area contributed by atoms with E-state index < -0.39 is 5.60 Å². The molecule has 0 saturated carbocycles. The second kappa shape index (κ2) is 9.01. The largest absolute Gasteiger partial charge is 0.482 e. The minimum Gasteiger partial charge on any atom is -0.482 e. The molecular formula is C28H32FN3O2. The first-order chi connectivity index (χ1) is 16.4. The Morgan fingerprint density at radius 3 is 2.76 bits per heavy atom. The van der Waals surface area contributed by atoms with Gasteiger partial charge in [0, 0.05) is 36.0 Å². The molecule has 6 heteroatoms. The number of amides is 1. The summed E-state index contributed by atoms with van der Waals surface area (Å²) in [5.41, 5.74) is 4.20. The second-order valence-electron chi connectivity index (χ2n) is 9.81. The maximum atomic E-state index is 13.9. The number of hydrogen-bond donors (Lipinski definition) is 2. The van der Waals surface area contributed by atoms with Crippen LogP contribution in [0.1, 0.15) is 50.3 Å². The topological polar surface area (TPSA) is 53.6 Å². The first-order valence-electron chi connectivity index (χ1n) is 12.2. The number of nitrogens with one attached hydrogen (secondary N) is 2. The predicted octanol–water partition coefficient (Wildman–Crippen LogP) is 4.96. The lowest BCUT2D eigenvalue weighted by Crippen LogP contribution is -2.37. The van der Waals surface area contributed by atoms with Gasteiger partial charge >= 0.3 is 0 Å². The molecule has 1 unspecified atom stereocenters. The predicted molar refractivity (Wildman–Crippen MR) is 134 cm³/mol. The molecule has 0 aliphatic carbocycles. The molecule has 5 rings (SSSR count). The number of rotatable bonds is 6. The zero-order valence-corrected chi connectivity index (χ0v) is 20.1. The molecule has 1 fully saturated rings. The first-order valence-corrected chi connectivity index (χ1v) is 12.2. The Hall–Kier alpha value is -2.96. The number of carbonyl (C=O) groups is 1. The van der Waals surface area contributed by atoms with Crippen molar-refractivity contribution in [1.82, 2.24) is 10.2 Å². The zero-order valence-electron chi connectivity index (χ0n) is 20.1. The summed E-state index contributed by atoms with van der Waals surface area (Å²) in [6, 6.07) is 13.5. The van der Waals surface area contributed by atoms with Crippen molar-refractivity contribution in [3.05, 3.63) is 76.8 Å². The highest BCUT2D eigenvalue weighted by atomic mass is 19.1. The summed E-state index contributed by atoms with van der Waals surface area (Å²) in [6.45, 7) is 10.4. The number of likely N-dealkylation sites (N-methyl/N-ethyl adjacent to an activating group) is 1. The van der Waals surface area contributed by atoms with Gasteiger partial charge in [-0.25, -0.2) is 4.39 Å². The van der Waals surface area contributed by atoms with Gasteiger partial charge < -0.3 is 15.4 Å². The van der Waals surface area contributed by atoms with Crippen LogP contribution in [-0.4, -0.2) is 42.1 Å². The number of ether oxygens (including phenoxy) is 1. The quantitative estimate of drug-likeness (QED) is 0.598. The van der Waals surface area contributed by atoms with Crippen molar-refractivity contribution in [3.63, 3.8) is 0 Å². The summed E-state index contributed by atoms with van der Waals surface area (Å²) in [5.74, 6) is -0.173. The lowest BCUT2D eigenvalue weighted by Gasteiger charge is -2.24. The minimum atomic E-state index is -0.607. The molecule has 3 aliphatic heterocycles. The number of halogens is 1. The Kier molecular flexibility index (Phi) is 6.04. The van der Waals surface area contributed by atoms with Crippen molar-refractivity contribution in [2.45, 2.75) is 51.8 Å². The van der Waals surface area contributed by atoms with Crippen LogP contribution in [0, 0.1) is 5.82 Å². The Labute approximate surface area is 200 Å². The molecule has 34 heavy (non-hydrogen) atoms. The summed E-state index contributed by atoms with van der Waals surface area (Å²) in [6.07, 6.45) is 4.49. The van der Waals surface area contributed by atoms with Crippen LogP contribution >= 0.6 is 0 Å². The van der Waals surface area contributed by atoms with Gasteiger partial charge in [-0.2, -0.15) is 0 Å². The van der Waals surface area contributed by atoms with Crippen LogP contribution in [0.25, 0.3) is 11.1 Å². The third-order valence-corrected chi connectivity index (χ3v) is 7.14. The van der Waals surface area contributed by atoms with Crippen LogP contribution in [-0.2, 0) is 16.1 Å². The van der Waals surface area contributed by atoms with Gasteiger partial charge in [0.05, 0.1) is 5.57 Å². The molecule has 5 nitrogen and oxygen atoms in total. The SMILES string of the molecule is CCN1CCCC1CNCc1ccc(C2=CC(=C3C(=O)Nc4ccc(F)cc43)OC2(C)C)cc1. The number of likely N-dealkylation sites (tertiary alicyclic amines) is 1. The van der Waals surface area contributed by atoms with Crippen molar-refractivity contribution >= 4 is 22.7 Å².